The third-order valence-corrected chi connectivity index (χ3v) is 8.39. The fraction of sp³-hybridized carbons (Fsp3) is 0.833. The van der Waals surface area contributed by atoms with Crippen LogP contribution in [0.15, 0.2) is 6.33 Å². The second-order valence-electron chi connectivity index (χ2n) is 11.3. The molecule has 0 radical (unpaired) electrons. The van der Waals surface area contributed by atoms with E-state index in [-0.39, 0.29) is 31.0 Å². The van der Waals surface area contributed by atoms with Crippen LogP contribution in [0, 0.1) is 0 Å². The highest BCUT2D eigenvalue weighted by Gasteiger charge is 2.28. The van der Waals surface area contributed by atoms with Crippen molar-refractivity contribution in [2.45, 2.75) is 143 Å². The largest absolute Gasteiger partial charge is 0.382 e. The topological polar surface area (TPSA) is 170 Å². The lowest BCUT2D eigenvalue weighted by atomic mass is 10.0. The van der Waals surface area contributed by atoms with Crippen LogP contribution in [0.25, 0.3) is 11.2 Å². The number of fused-ring (bicyclic) bond motifs is 1. The van der Waals surface area contributed by atoms with E-state index in [2.05, 4.69) is 21.9 Å². The minimum absolute atomic E-state index is 0.0286. The molecule has 0 bridgehead atoms. The number of imidazole rings is 1. The molecule has 12 nitrogen and oxygen atoms in total. The zero-order valence-electron chi connectivity index (χ0n) is 26.9. The van der Waals surface area contributed by atoms with Gasteiger partial charge in [0.15, 0.2) is 17.8 Å². The van der Waals surface area contributed by atoms with Crippen molar-refractivity contribution in [1.82, 2.24) is 19.5 Å². The molecule has 3 unspecified atom stereocenters. The number of anilines is 2. The summed E-state index contributed by atoms with van der Waals surface area (Å²) in [6.07, 6.45) is 16.5. The van der Waals surface area contributed by atoms with Gasteiger partial charge >= 0.3 is 7.60 Å². The molecule has 2 rings (SSSR count). The summed E-state index contributed by atoms with van der Waals surface area (Å²) < 4.78 is 37.5. The van der Waals surface area contributed by atoms with Gasteiger partial charge in [0, 0.05) is 6.61 Å². The molecule has 2 heterocycles. The highest BCUT2D eigenvalue weighted by Crippen LogP contribution is 2.44. The minimum Gasteiger partial charge on any atom is -0.382 e. The number of aromatic nitrogens is 4. The normalized spacial score (nSPS) is 15.5. The van der Waals surface area contributed by atoms with Crippen molar-refractivity contribution in [3.63, 3.8) is 0 Å². The summed E-state index contributed by atoms with van der Waals surface area (Å²) in [6, 6.07) is 0. The lowest BCUT2D eigenvalue weighted by Crippen LogP contribution is -2.27. The quantitative estimate of drug-likeness (QED) is 0.0568. The average molecular weight is 629 g/mol. The number of nitrogens with two attached hydrogens (primary N) is 2. The lowest BCUT2D eigenvalue weighted by molar-refractivity contribution is -0.123. The van der Waals surface area contributed by atoms with Crippen LogP contribution in [-0.2, 0) is 29.8 Å². The fourth-order valence-electron chi connectivity index (χ4n) is 4.95. The van der Waals surface area contributed by atoms with Gasteiger partial charge in [0.1, 0.15) is 11.9 Å². The Bertz CT molecular complexity index is 1070. The molecule has 2 aromatic rings. The van der Waals surface area contributed by atoms with E-state index in [4.69, 9.17) is 30.2 Å². The summed E-state index contributed by atoms with van der Waals surface area (Å²) in [7, 11) is -4.11. The Morgan fingerprint density at radius 2 is 1.58 bits per heavy atom. The molecule has 43 heavy (non-hydrogen) atoms. The first-order valence-corrected chi connectivity index (χ1v) is 18.0. The van der Waals surface area contributed by atoms with E-state index in [0.717, 1.165) is 12.8 Å². The van der Waals surface area contributed by atoms with Crippen LogP contribution in [0.1, 0.15) is 118 Å². The molecule has 2 aromatic heterocycles. The number of nitrogens with zero attached hydrogens (tertiary/aromatic N) is 4. The number of hydrogen-bond donors (Lipinski definition) is 3. The van der Waals surface area contributed by atoms with Crippen LogP contribution < -0.4 is 11.5 Å². The van der Waals surface area contributed by atoms with Gasteiger partial charge in [-0.15, -0.1) is 0 Å². The number of nitrogen functional groups attached to an aromatic ring is 2. The zero-order valence-corrected chi connectivity index (χ0v) is 27.8. The summed E-state index contributed by atoms with van der Waals surface area (Å²) in [5, 5.41) is 0. The maximum Gasteiger partial charge on any atom is 0.355 e. The molecule has 0 saturated carbocycles. The van der Waals surface area contributed by atoms with Crippen molar-refractivity contribution in [2.75, 3.05) is 31.0 Å². The van der Waals surface area contributed by atoms with Gasteiger partial charge < -0.3 is 35.1 Å². The smallest absolute Gasteiger partial charge is 0.355 e. The Morgan fingerprint density at radius 1 is 0.953 bits per heavy atom. The Labute approximate surface area is 258 Å². The molecule has 5 N–H and O–H groups in total. The van der Waals surface area contributed by atoms with Crippen molar-refractivity contribution >= 4 is 30.5 Å². The first-order valence-electron chi connectivity index (χ1n) is 16.3. The van der Waals surface area contributed by atoms with Crippen LogP contribution in [0.2, 0.25) is 0 Å². The third-order valence-electron chi connectivity index (χ3n) is 7.35. The van der Waals surface area contributed by atoms with E-state index < -0.39 is 26.3 Å². The van der Waals surface area contributed by atoms with Gasteiger partial charge in [0.25, 0.3) is 0 Å². The van der Waals surface area contributed by atoms with Gasteiger partial charge in [0.05, 0.1) is 31.7 Å². The summed E-state index contributed by atoms with van der Waals surface area (Å²) in [5.41, 5.74) is 12.5. The van der Waals surface area contributed by atoms with Gasteiger partial charge in [-0.25, -0.2) is 4.98 Å². The Morgan fingerprint density at radius 3 is 2.19 bits per heavy atom. The summed E-state index contributed by atoms with van der Waals surface area (Å²) in [4.78, 5) is 23.0. The molecule has 4 atom stereocenters. The molecule has 0 amide bonds. The SMILES string of the molecule is CCCCCCCCCCCCCCC(C)OC(CC)OP(=O)(O)CO[C@H](COCC)Cn1cnc2c(N)nc(N)nc21. The Kier molecular flexibility index (Phi) is 18.3. The van der Waals surface area contributed by atoms with Crippen LogP contribution in [0.5, 0.6) is 0 Å². The standard InChI is InChI=1S/C30H57N6O6P/c1-5-8-9-10-11-12-13-14-15-16-17-18-19-24(4)41-26(6-2)42-43(37,38)23-40-25(21-39-7-3)20-36-22-33-27-28(31)34-30(32)35-29(27)36/h22,24-26H,5-21,23H2,1-4H3,(H,37,38)(H4,31,32,34,35)/t24?,25-,26?/m0/s1. The van der Waals surface area contributed by atoms with Crippen molar-refractivity contribution in [2.24, 2.45) is 0 Å². The van der Waals surface area contributed by atoms with Gasteiger partial charge in [-0.05, 0) is 26.7 Å². The van der Waals surface area contributed by atoms with E-state index >= 15 is 0 Å². The monoisotopic (exact) mass is 628 g/mol. The van der Waals surface area contributed by atoms with Crippen molar-refractivity contribution in [1.29, 1.82) is 0 Å². The van der Waals surface area contributed by atoms with E-state index in [1.807, 2.05) is 20.8 Å². The van der Waals surface area contributed by atoms with E-state index in [1.54, 1.807) is 10.9 Å². The molecular weight excluding hydrogens is 571 g/mol. The number of rotatable bonds is 26. The molecule has 0 spiro atoms. The molecule has 13 heteroatoms. The highest BCUT2D eigenvalue weighted by molar-refractivity contribution is 7.52. The first-order chi connectivity index (χ1) is 20.7. The molecule has 0 aliphatic rings. The predicted molar refractivity (Wildman–Crippen MR) is 172 cm³/mol. The third kappa shape index (κ3) is 15.1. The maximum absolute atomic E-state index is 12.9. The minimum atomic E-state index is -4.11. The molecule has 0 aromatic carbocycles. The van der Waals surface area contributed by atoms with Crippen molar-refractivity contribution in [3.05, 3.63) is 6.33 Å². The molecule has 0 fully saturated rings. The number of ether oxygens (including phenoxy) is 3. The first kappa shape index (κ1) is 37.4. The van der Waals surface area contributed by atoms with Gasteiger partial charge in [0.2, 0.25) is 5.95 Å². The molecular formula is C30H57N6O6P. The van der Waals surface area contributed by atoms with E-state index in [1.165, 1.54) is 70.6 Å². The van der Waals surface area contributed by atoms with E-state index in [9.17, 15) is 9.46 Å². The van der Waals surface area contributed by atoms with Crippen LogP contribution in [0.3, 0.4) is 0 Å². The second-order valence-corrected chi connectivity index (χ2v) is 13.1. The highest BCUT2D eigenvalue weighted by atomic mass is 31.2. The van der Waals surface area contributed by atoms with Crippen LogP contribution >= 0.6 is 7.60 Å². The number of unbranched alkanes of at least 4 members (excludes halogenated alkanes) is 11. The zero-order chi connectivity index (χ0) is 31.5. The Hall–Kier alpha value is -1.82. The van der Waals surface area contributed by atoms with Crippen LogP contribution in [-0.4, -0.2) is 62.5 Å². The van der Waals surface area contributed by atoms with Crippen LogP contribution in [0.4, 0.5) is 11.8 Å². The average Bonchev–Trinajstić information content (AvgIpc) is 3.37. The Balaban J connectivity index is 1.72. The van der Waals surface area contributed by atoms with Crippen molar-refractivity contribution in [3.8, 4) is 0 Å². The van der Waals surface area contributed by atoms with Gasteiger partial charge in [-0.1, -0.05) is 90.9 Å². The summed E-state index contributed by atoms with van der Waals surface area (Å²) in [5.74, 6) is 0.205. The molecule has 248 valence electrons. The van der Waals surface area contributed by atoms with Gasteiger partial charge in [-0.3, -0.25) is 9.09 Å². The summed E-state index contributed by atoms with van der Waals surface area (Å²) in [6.45, 7) is 8.87. The van der Waals surface area contributed by atoms with Gasteiger partial charge in [-0.2, -0.15) is 9.97 Å². The maximum atomic E-state index is 12.9. The molecule has 0 saturated heterocycles. The second kappa shape index (κ2) is 21.0. The lowest BCUT2D eigenvalue weighted by Gasteiger charge is -2.25. The molecule has 0 aliphatic heterocycles. The predicted octanol–water partition coefficient (Wildman–Crippen LogP) is 6.80. The summed E-state index contributed by atoms with van der Waals surface area (Å²) >= 11 is 0. The molecule has 0 aliphatic carbocycles. The fourth-order valence-corrected chi connectivity index (χ4v) is 5.97. The van der Waals surface area contributed by atoms with E-state index in [0.29, 0.717) is 24.2 Å². The van der Waals surface area contributed by atoms with Crippen molar-refractivity contribution < 1.29 is 28.2 Å². The number of hydrogen-bond acceptors (Lipinski definition) is 10.